The largest absolute Gasteiger partial charge is 0.496 e. The summed E-state index contributed by atoms with van der Waals surface area (Å²) in [5, 5.41) is 4.00. The first-order valence-corrected chi connectivity index (χ1v) is 8.63. The summed E-state index contributed by atoms with van der Waals surface area (Å²) in [5.41, 5.74) is 1.46. The minimum Gasteiger partial charge on any atom is -0.496 e. The maximum Gasteiger partial charge on any atom is 0.258 e. The smallest absolute Gasteiger partial charge is 0.258 e. The van der Waals surface area contributed by atoms with Crippen LogP contribution in [-0.4, -0.2) is 34.6 Å². The molecule has 0 bridgehead atoms. The number of halogens is 1. The van der Waals surface area contributed by atoms with Crippen molar-refractivity contribution in [3.63, 3.8) is 0 Å². The molecule has 0 radical (unpaired) electrons. The monoisotopic (exact) mass is 367 g/mol. The molecule has 0 saturated carbocycles. The van der Waals surface area contributed by atoms with Gasteiger partial charge >= 0.3 is 0 Å². The summed E-state index contributed by atoms with van der Waals surface area (Å²) in [4.78, 5) is 18.6. The van der Waals surface area contributed by atoms with Crippen LogP contribution in [0.2, 0.25) is 0 Å². The number of carbonyl (C=O) groups excluding carboxylic acids is 1. The Morgan fingerprint density at radius 2 is 2.11 bits per heavy atom. The molecule has 0 aliphatic carbocycles. The number of aromatic nitrogens is 2. The van der Waals surface area contributed by atoms with E-state index >= 15 is 0 Å². The maximum atomic E-state index is 13.4. The molecule has 1 aliphatic rings. The quantitative estimate of drug-likeness (QED) is 0.691. The Kier molecular flexibility index (Phi) is 4.58. The molecule has 6 nitrogen and oxygen atoms in total. The van der Waals surface area contributed by atoms with Crippen LogP contribution >= 0.6 is 0 Å². The van der Waals surface area contributed by atoms with Gasteiger partial charge in [0, 0.05) is 36.6 Å². The van der Waals surface area contributed by atoms with E-state index in [-0.39, 0.29) is 23.5 Å². The van der Waals surface area contributed by atoms with Gasteiger partial charge in [-0.3, -0.25) is 4.79 Å². The van der Waals surface area contributed by atoms with Gasteiger partial charge in [-0.2, -0.15) is 4.98 Å². The zero-order valence-electron chi connectivity index (χ0n) is 14.8. The number of ether oxygens (including phenoxy) is 1. The fraction of sp³-hybridized carbons (Fsp3) is 0.250. The van der Waals surface area contributed by atoms with Gasteiger partial charge in [-0.1, -0.05) is 29.4 Å². The zero-order chi connectivity index (χ0) is 18.8. The van der Waals surface area contributed by atoms with E-state index in [0.717, 1.165) is 11.3 Å². The van der Waals surface area contributed by atoms with Gasteiger partial charge in [0.1, 0.15) is 11.6 Å². The first-order valence-electron chi connectivity index (χ1n) is 8.63. The first-order chi connectivity index (χ1) is 13.1. The highest BCUT2D eigenvalue weighted by molar-refractivity contribution is 5.79. The highest BCUT2D eigenvalue weighted by atomic mass is 19.1. The number of hydrogen-bond acceptors (Lipinski definition) is 5. The van der Waals surface area contributed by atoms with Crippen molar-refractivity contribution in [2.45, 2.75) is 18.9 Å². The lowest BCUT2D eigenvalue weighted by Crippen LogP contribution is -2.24. The van der Waals surface area contributed by atoms with Crippen LogP contribution in [0, 0.1) is 5.82 Å². The molecule has 1 saturated heterocycles. The van der Waals surface area contributed by atoms with Crippen LogP contribution in [0.25, 0.3) is 11.5 Å². The van der Waals surface area contributed by atoms with Crippen molar-refractivity contribution in [2.24, 2.45) is 0 Å². The third-order valence-corrected chi connectivity index (χ3v) is 4.65. The van der Waals surface area contributed by atoms with Gasteiger partial charge in [-0.25, -0.2) is 4.39 Å². The molecule has 1 amide bonds. The summed E-state index contributed by atoms with van der Waals surface area (Å²) in [7, 11) is 1.61. The van der Waals surface area contributed by atoms with E-state index in [9.17, 15) is 9.18 Å². The highest BCUT2D eigenvalue weighted by Crippen LogP contribution is 2.30. The summed E-state index contributed by atoms with van der Waals surface area (Å²) >= 11 is 0. The van der Waals surface area contributed by atoms with Crippen LogP contribution in [0.4, 0.5) is 4.39 Å². The Bertz CT molecular complexity index is 972. The van der Waals surface area contributed by atoms with Crippen LogP contribution < -0.4 is 4.74 Å². The molecule has 138 valence electrons. The predicted octanol–water partition coefficient (Wildman–Crippen LogP) is 3.40. The molecule has 2 aromatic carbocycles. The lowest BCUT2D eigenvalue weighted by atomic mass is 10.1. The second-order valence-corrected chi connectivity index (χ2v) is 6.46. The van der Waals surface area contributed by atoms with Crippen molar-refractivity contribution in [1.82, 2.24) is 15.0 Å². The van der Waals surface area contributed by atoms with Gasteiger partial charge < -0.3 is 14.2 Å². The summed E-state index contributed by atoms with van der Waals surface area (Å²) in [6.07, 6.45) is 0.317. The number of nitrogens with zero attached hydrogens (tertiary/aromatic N) is 3. The molecule has 1 unspecified atom stereocenters. The fourth-order valence-corrected chi connectivity index (χ4v) is 3.28. The average molecular weight is 367 g/mol. The minimum absolute atomic E-state index is 0.0306. The Morgan fingerprint density at radius 3 is 2.93 bits per heavy atom. The average Bonchev–Trinajstić information content (AvgIpc) is 3.30. The standard InChI is InChI=1S/C20H18FN3O3/c1-26-17-8-3-2-5-14(17)11-24-12-15(10-18(24)25)19-22-20(27-23-19)13-6-4-7-16(21)9-13/h2-9,15H,10-12H2,1H3. The predicted molar refractivity (Wildman–Crippen MR) is 95.5 cm³/mol. The minimum atomic E-state index is -0.369. The SMILES string of the molecule is COc1ccccc1CN1CC(c2noc(-c3cccc(F)c3)n2)CC1=O. The van der Waals surface area contributed by atoms with E-state index < -0.39 is 0 Å². The molecule has 3 aromatic rings. The van der Waals surface area contributed by atoms with Gasteiger partial charge in [0.05, 0.1) is 7.11 Å². The van der Waals surface area contributed by atoms with Crippen LogP contribution in [-0.2, 0) is 11.3 Å². The van der Waals surface area contributed by atoms with E-state index in [1.807, 2.05) is 24.3 Å². The van der Waals surface area contributed by atoms with Crippen LogP contribution in [0.1, 0.15) is 23.7 Å². The van der Waals surface area contributed by atoms with E-state index in [2.05, 4.69) is 10.1 Å². The number of carbonyl (C=O) groups is 1. The van der Waals surface area contributed by atoms with E-state index in [0.29, 0.717) is 30.9 Å². The third kappa shape index (κ3) is 3.53. The number of likely N-dealkylation sites (tertiary alicyclic amines) is 1. The number of amides is 1. The van der Waals surface area contributed by atoms with Crippen molar-refractivity contribution in [1.29, 1.82) is 0 Å². The van der Waals surface area contributed by atoms with E-state index in [4.69, 9.17) is 9.26 Å². The molecule has 27 heavy (non-hydrogen) atoms. The van der Waals surface area contributed by atoms with Crippen molar-refractivity contribution >= 4 is 5.91 Å². The Balaban J connectivity index is 1.49. The van der Waals surface area contributed by atoms with Gasteiger partial charge in [-0.15, -0.1) is 0 Å². The van der Waals surface area contributed by atoms with Crippen LogP contribution in [0.3, 0.4) is 0 Å². The summed E-state index contributed by atoms with van der Waals surface area (Å²) in [5.74, 6) is 0.972. The van der Waals surface area contributed by atoms with E-state index in [1.54, 1.807) is 24.1 Å². The van der Waals surface area contributed by atoms with Gasteiger partial charge in [-0.05, 0) is 24.3 Å². The lowest BCUT2D eigenvalue weighted by Gasteiger charge is -2.17. The van der Waals surface area contributed by atoms with Gasteiger partial charge in [0.2, 0.25) is 5.91 Å². The van der Waals surface area contributed by atoms with Gasteiger partial charge in [0.15, 0.2) is 5.82 Å². The summed E-state index contributed by atoms with van der Waals surface area (Å²) in [6, 6.07) is 13.6. The topological polar surface area (TPSA) is 68.5 Å². The van der Waals surface area contributed by atoms with Crippen LogP contribution in [0.15, 0.2) is 53.1 Å². The number of benzene rings is 2. The number of methoxy groups -OCH3 is 1. The summed E-state index contributed by atoms with van der Waals surface area (Å²) in [6.45, 7) is 0.965. The normalized spacial score (nSPS) is 16.7. The second-order valence-electron chi connectivity index (χ2n) is 6.46. The van der Waals surface area contributed by atoms with Gasteiger partial charge in [0.25, 0.3) is 5.89 Å². The molecule has 1 aromatic heterocycles. The van der Waals surface area contributed by atoms with E-state index in [1.165, 1.54) is 12.1 Å². The zero-order valence-corrected chi connectivity index (χ0v) is 14.8. The molecule has 0 N–H and O–H groups in total. The highest BCUT2D eigenvalue weighted by Gasteiger charge is 2.34. The molecular weight excluding hydrogens is 349 g/mol. The van der Waals surface area contributed by atoms with Crippen LogP contribution in [0.5, 0.6) is 5.75 Å². The second kappa shape index (κ2) is 7.19. The molecule has 4 rings (SSSR count). The molecule has 0 spiro atoms. The fourth-order valence-electron chi connectivity index (χ4n) is 3.28. The first kappa shape index (κ1) is 17.2. The Hall–Kier alpha value is -3.22. The molecule has 1 atom stereocenters. The third-order valence-electron chi connectivity index (χ3n) is 4.65. The van der Waals surface area contributed by atoms with Crippen molar-refractivity contribution in [2.75, 3.05) is 13.7 Å². The molecular formula is C20H18FN3O3. The Labute approximate surface area is 155 Å². The lowest BCUT2D eigenvalue weighted by molar-refractivity contribution is -0.128. The summed E-state index contributed by atoms with van der Waals surface area (Å²) < 4.78 is 24.0. The number of para-hydroxylation sites is 1. The van der Waals surface area contributed by atoms with Crippen molar-refractivity contribution in [3.05, 3.63) is 65.7 Å². The molecule has 7 heteroatoms. The molecule has 1 aliphatic heterocycles. The number of rotatable bonds is 5. The molecule has 2 heterocycles. The Morgan fingerprint density at radius 1 is 1.26 bits per heavy atom. The molecule has 1 fully saturated rings. The van der Waals surface area contributed by atoms with Crippen molar-refractivity contribution < 1.29 is 18.4 Å². The number of hydrogen-bond donors (Lipinski definition) is 0. The van der Waals surface area contributed by atoms with Crippen molar-refractivity contribution in [3.8, 4) is 17.2 Å². The maximum absolute atomic E-state index is 13.4.